The number of likely N-dealkylation sites (tertiary alicyclic amines) is 1. The van der Waals surface area contributed by atoms with Gasteiger partial charge in [0.15, 0.2) is 0 Å². The largest absolute Gasteiger partial charge is 0.348 e. The van der Waals surface area contributed by atoms with Gasteiger partial charge in [0.05, 0.1) is 16.2 Å². The highest BCUT2D eigenvalue weighted by Gasteiger charge is 2.23. The van der Waals surface area contributed by atoms with Gasteiger partial charge in [0.2, 0.25) is 0 Å². The molecule has 1 aliphatic heterocycles. The summed E-state index contributed by atoms with van der Waals surface area (Å²) in [4.78, 5) is 24.6. The van der Waals surface area contributed by atoms with Crippen molar-refractivity contribution in [2.45, 2.75) is 12.5 Å². The zero-order valence-electron chi connectivity index (χ0n) is 11.1. The Bertz CT molecular complexity index is 534. The molecule has 1 heterocycles. The smallest absolute Gasteiger partial charge is 0.270 e. The van der Waals surface area contributed by atoms with Crippen molar-refractivity contribution in [3.63, 3.8) is 0 Å². The van der Waals surface area contributed by atoms with Gasteiger partial charge >= 0.3 is 0 Å². The van der Waals surface area contributed by atoms with E-state index in [1.807, 2.05) is 7.05 Å². The average Bonchev–Trinajstić information content (AvgIpc) is 2.83. The van der Waals surface area contributed by atoms with E-state index in [1.54, 1.807) is 0 Å². The minimum atomic E-state index is -0.541. The molecule has 8 heteroatoms. The fourth-order valence-corrected chi connectivity index (χ4v) is 2.28. The molecule has 0 saturated carbocycles. The Labute approximate surface area is 116 Å². The predicted octanol–water partition coefficient (Wildman–Crippen LogP) is 0.314. The number of likely N-dealkylation sites (N-methyl/N-ethyl adjacent to an activating group) is 1. The minimum absolute atomic E-state index is 0.0531. The van der Waals surface area contributed by atoms with Gasteiger partial charge in [-0.3, -0.25) is 20.8 Å². The third kappa shape index (κ3) is 3.03. The number of hydrogen-bond acceptors (Lipinski definition) is 6. The van der Waals surface area contributed by atoms with Crippen molar-refractivity contribution in [3.8, 4) is 0 Å². The molecule has 0 radical (unpaired) electrons. The van der Waals surface area contributed by atoms with Crippen LogP contribution in [0.15, 0.2) is 18.2 Å². The molecule has 8 nitrogen and oxygen atoms in total. The third-order valence-electron chi connectivity index (χ3n) is 3.34. The first kappa shape index (κ1) is 14.2. The molecular formula is C12H17N5O3. The van der Waals surface area contributed by atoms with Gasteiger partial charge in [0.25, 0.3) is 11.6 Å². The number of amides is 1. The highest BCUT2D eigenvalue weighted by molar-refractivity contribution is 6.00. The van der Waals surface area contributed by atoms with Gasteiger partial charge in [-0.2, -0.15) is 0 Å². The Kier molecular flexibility index (Phi) is 4.16. The van der Waals surface area contributed by atoms with Crippen LogP contribution < -0.4 is 16.6 Å². The number of benzene rings is 1. The van der Waals surface area contributed by atoms with E-state index >= 15 is 0 Å². The quantitative estimate of drug-likeness (QED) is 0.415. The predicted molar refractivity (Wildman–Crippen MR) is 74.3 cm³/mol. The molecule has 0 aliphatic carbocycles. The van der Waals surface area contributed by atoms with Gasteiger partial charge in [-0.05, 0) is 26.1 Å². The summed E-state index contributed by atoms with van der Waals surface area (Å²) in [6, 6.07) is 4.00. The van der Waals surface area contributed by atoms with Crippen molar-refractivity contribution < 1.29 is 9.72 Å². The summed E-state index contributed by atoms with van der Waals surface area (Å²) in [5, 5.41) is 13.6. The number of non-ortho nitro benzene ring substituents is 1. The summed E-state index contributed by atoms with van der Waals surface area (Å²) < 4.78 is 0. The fourth-order valence-electron chi connectivity index (χ4n) is 2.28. The molecule has 0 bridgehead atoms. The number of nitro benzene ring substituents is 1. The molecular weight excluding hydrogens is 262 g/mol. The van der Waals surface area contributed by atoms with Crippen LogP contribution in [-0.4, -0.2) is 41.9 Å². The first-order chi connectivity index (χ1) is 9.51. The molecule has 108 valence electrons. The fraction of sp³-hybridized carbons (Fsp3) is 0.417. The molecule has 1 aromatic carbocycles. The number of nitrogen functional groups attached to an aromatic ring is 1. The van der Waals surface area contributed by atoms with Crippen LogP contribution in [0.4, 0.5) is 11.4 Å². The Morgan fingerprint density at radius 1 is 1.55 bits per heavy atom. The van der Waals surface area contributed by atoms with E-state index in [4.69, 9.17) is 5.84 Å². The molecule has 0 aromatic heterocycles. The lowest BCUT2D eigenvalue weighted by Crippen LogP contribution is -2.37. The van der Waals surface area contributed by atoms with E-state index in [2.05, 4.69) is 15.6 Å². The number of carbonyl (C=O) groups excluding carboxylic acids is 1. The number of nitro groups is 1. The zero-order chi connectivity index (χ0) is 14.7. The molecule has 1 saturated heterocycles. The summed E-state index contributed by atoms with van der Waals surface area (Å²) in [5.41, 5.74) is 2.78. The maximum Gasteiger partial charge on any atom is 0.270 e. The SMILES string of the molecule is CN1CCC(NC(=O)c2cc([N+](=O)[O-])ccc2NN)C1. The van der Waals surface area contributed by atoms with E-state index < -0.39 is 4.92 Å². The third-order valence-corrected chi connectivity index (χ3v) is 3.34. The first-order valence-corrected chi connectivity index (χ1v) is 6.25. The number of nitrogens with zero attached hydrogens (tertiary/aromatic N) is 2. The van der Waals surface area contributed by atoms with Gasteiger partial charge in [-0.25, -0.2) is 0 Å². The lowest BCUT2D eigenvalue weighted by atomic mass is 10.1. The minimum Gasteiger partial charge on any atom is -0.348 e. The van der Waals surface area contributed by atoms with E-state index in [0.717, 1.165) is 19.5 Å². The maximum absolute atomic E-state index is 12.2. The van der Waals surface area contributed by atoms with Crippen molar-refractivity contribution in [1.82, 2.24) is 10.2 Å². The molecule has 1 amide bonds. The Morgan fingerprint density at radius 2 is 2.30 bits per heavy atom. The number of rotatable bonds is 4. The first-order valence-electron chi connectivity index (χ1n) is 6.25. The lowest BCUT2D eigenvalue weighted by Gasteiger charge is -2.14. The molecule has 4 N–H and O–H groups in total. The van der Waals surface area contributed by atoms with Crippen LogP contribution in [0, 0.1) is 10.1 Å². The molecule has 1 aromatic rings. The summed E-state index contributed by atoms with van der Waals surface area (Å²) in [6.07, 6.45) is 0.864. The van der Waals surface area contributed by atoms with Crippen LogP contribution in [0.2, 0.25) is 0 Å². The van der Waals surface area contributed by atoms with E-state index in [0.29, 0.717) is 5.69 Å². The molecule has 1 aliphatic rings. The molecule has 2 rings (SSSR count). The second kappa shape index (κ2) is 5.85. The normalized spacial score (nSPS) is 18.8. The van der Waals surface area contributed by atoms with Crippen molar-refractivity contribution in [2.24, 2.45) is 5.84 Å². The highest BCUT2D eigenvalue weighted by Crippen LogP contribution is 2.22. The van der Waals surface area contributed by atoms with Crippen LogP contribution in [0.1, 0.15) is 16.8 Å². The standard InChI is InChI=1S/C12H17N5O3/c1-16-5-4-8(7-16)14-12(18)10-6-9(17(19)20)2-3-11(10)15-13/h2-3,6,8,15H,4-5,7,13H2,1H3,(H,14,18). The topological polar surface area (TPSA) is 114 Å². The zero-order valence-corrected chi connectivity index (χ0v) is 11.1. The number of nitrogens with one attached hydrogen (secondary N) is 2. The van der Waals surface area contributed by atoms with E-state index in [1.165, 1.54) is 18.2 Å². The second-order valence-corrected chi connectivity index (χ2v) is 4.85. The van der Waals surface area contributed by atoms with Gasteiger partial charge < -0.3 is 15.6 Å². The summed E-state index contributed by atoms with van der Waals surface area (Å²) >= 11 is 0. The lowest BCUT2D eigenvalue weighted by molar-refractivity contribution is -0.384. The maximum atomic E-state index is 12.2. The monoisotopic (exact) mass is 279 g/mol. The number of hydrogen-bond donors (Lipinski definition) is 3. The molecule has 20 heavy (non-hydrogen) atoms. The van der Waals surface area contributed by atoms with Crippen LogP contribution in [0.25, 0.3) is 0 Å². The van der Waals surface area contributed by atoms with Gasteiger partial charge in [-0.1, -0.05) is 0 Å². The van der Waals surface area contributed by atoms with Crippen molar-refractivity contribution in [1.29, 1.82) is 0 Å². The Balaban J connectivity index is 2.19. The van der Waals surface area contributed by atoms with Gasteiger partial charge in [-0.15, -0.1) is 0 Å². The van der Waals surface area contributed by atoms with Crippen molar-refractivity contribution >= 4 is 17.3 Å². The highest BCUT2D eigenvalue weighted by atomic mass is 16.6. The Hall–Kier alpha value is -2.19. The summed E-state index contributed by atoms with van der Waals surface area (Å²) in [7, 11) is 1.98. The van der Waals surface area contributed by atoms with Gasteiger partial charge in [0.1, 0.15) is 0 Å². The van der Waals surface area contributed by atoms with Crippen molar-refractivity contribution in [2.75, 3.05) is 25.6 Å². The Morgan fingerprint density at radius 3 is 2.85 bits per heavy atom. The second-order valence-electron chi connectivity index (χ2n) is 4.85. The van der Waals surface area contributed by atoms with Crippen LogP contribution in [0.5, 0.6) is 0 Å². The number of hydrazine groups is 1. The molecule has 1 atom stereocenters. The number of carbonyl (C=O) groups is 1. The summed E-state index contributed by atoms with van der Waals surface area (Å²) in [6.45, 7) is 1.69. The summed E-state index contributed by atoms with van der Waals surface area (Å²) in [5.74, 6) is 4.98. The molecule has 0 spiro atoms. The number of nitrogens with two attached hydrogens (primary N) is 1. The van der Waals surface area contributed by atoms with Crippen LogP contribution >= 0.6 is 0 Å². The number of anilines is 1. The van der Waals surface area contributed by atoms with E-state index in [-0.39, 0.29) is 23.2 Å². The van der Waals surface area contributed by atoms with Gasteiger partial charge in [0, 0.05) is 24.7 Å². The average molecular weight is 279 g/mol. The van der Waals surface area contributed by atoms with Crippen molar-refractivity contribution in [3.05, 3.63) is 33.9 Å². The van der Waals surface area contributed by atoms with Crippen LogP contribution in [-0.2, 0) is 0 Å². The molecule has 1 unspecified atom stereocenters. The van der Waals surface area contributed by atoms with Crippen LogP contribution in [0.3, 0.4) is 0 Å². The molecule has 1 fully saturated rings. The van der Waals surface area contributed by atoms with E-state index in [9.17, 15) is 14.9 Å².